The van der Waals surface area contributed by atoms with Crippen LogP contribution in [0.4, 0.5) is 0 Å². The van der Waals surface area contributed by atoms with Gasteiger partial charge in [-0.05, 0) is 63.8 Å². The Morgan fingerprint density at radius 3 is 2.71 bits per heavy atom. The number of benzene rings is 1. The van der Waals surface area contributed by atoms with Gasteiger partial charge in [-0.15, -0.1) is 0 Å². The smallest absolute Gasteiger partial charge is 0.343 e. The molecule has 2 aliphatic rings. The summed E-state index contributed by atoms with van der Waals surface area (Å²) in [6.07, 6.45) is 3.67. The number of hydrogen-bond donors (Lipinski definition) is 0. The molecule has 148 valence electrons. The van der Waals surface area contributed by atoms with Crippen LogP contribution in [0.5, 0.6) is 5.75 Å². The topological polar surface area (TPSA) is 60.8 Å². The second-order valence-electron chi connectivity index (χ2n) is 8.12. The van der Waals surface area contributed by atoms with E-state index in [-0.39, 0.29) is 29.2 Å². The van der Waals surface area contributed by atoms with Crippen LogP contribution in [-0.2, 0) is 4.74 Å². The average molecular weight is 382 g/mol. The molecule has 0 spiro atoms. The van der Waals surface area contributed by atoms with Crippen molar-refractivity contribution < 1.29 is 14.3 Å². The summed E-state index contributed by atoms with van der Waals surface area (Å²) < 4.78 is 12.6. The molecule has 6 nitrogen and oxygen atoms in total. The van der Waals surface area contributed by atoms with Crippen LogP contribution in [0.15, 0.2) is 29.2 Å². The van der Waals surface area contributed by atoms with Crippen LogP contribution in [0, 0.1) is 6.92 Å². The number of esters is 1. The van der Waals surface area contributed by atoms with Crippen LogP contribution in [0.3, 0.4) is 0 Å². The molecule has 0 amide bonds. The summed E-state index contributed by atoms with van der Waals surface area (Å²) in [6.45, 7) is 8.39. The Kier molecular flexibility index (Phi) is 4.25. The maximum atomic E-state index is 12.7. The van der Waals surface area contributed by atoms with Crippen LogP contribution in [-0.4, -0.2) is 29.9 Å². The Morgan fingerprint density at radius 2 is 2.04 bits per heavy atom. The molecule has 1 aromatic heterocycles. The lowest BCUT2D eigenvalue weighted by atomic mass is 9.92. The molecule has 0 aliphatic carbocycles. The van der Waals surface area contributed by atoms with E-state index in [1.165, 1.54) is 5.56 Å². The Hall–Kier alpha value is -2.76. The molecule has 1 saturated heterocycles. The standard InChI is InChI=1S/C22H26N2O4/c1-6-28-21(26)16-12-23-18(11-19(16)25)15-10-20(27-5)13(2)9-14(15)17-7-8-22(3,4)24(17)23/h9-12,17H,6-8H2,1-5H3/t17-/m1/s1. The predicted octanol–water partition coefficient (Wildman–Crippen LogP) is 3.57. The number of ether oxygens (including phenoxy) is 2. The summed E-state index contributed by atoms with van der Waals surface area (Å²) in [5.74, 6) is 0.210. The number of hydrogen-bond acceptors (Lipinski definition) is 5. The zero-order valence-corrected chi connectivity index (χ0v) is 17.0. The number of fused-ring (bicyclic) bond motifs is 6. The van der Waals surface area contributed by atoms with Crippen LogP contribution < -0.4 is 15.2 Å². The fourth-order valence-corrected chi connectivity index (χ4v) is 4.57. The van der Waals surface area contributed by atoms with E-state index in [0.717, 1.165) is 35.4 Å². The van der Waals surface area contributed by atoms with E-state index in [4.69, 9.17) is 9.47 Å². The third-order valence-corrected chi connectivity index (χ3v) is 5.91. The first kappa shape index (κ1) is 18.6. The van der Waals surface area contributed by atoms with Crippen molar-refractivity contribution in [2.75, 3.05) is 18.7 Å². The number of aryl methyl sites for hydroxylation is 1. The normalized spacial score (nSPS) is 18.9. The van der Waals surface area contributed by atoms with Gasteiger partial charge in [0.15, 0.2) is 5.43 Å². The van der Waals surface area contributed by atoms with E-state index in [9.17, 15) is 9.59 Å². The van der Waals surface area contributed by atoms with Crippen molar-refractivity contribution in [3.05, 3.63) is 51.3 Å². The number of carbonyl (C=O) groups is 1. The summed E-state index contributed by atoms with van der Waals surface area (Å²) in [7, 11) is 1.65. The molecule has 0 radical (unpaired) electrons. The highest BCUT2D eigenvalue weighted by molar-refractivity contribution is 5.89. The van der Waals surface area contributed by atoms with Crippen LogP contribution in [0.1, 0.15) is 61.1 Å². The Balaban J connectivity index is 2.01. The number of pyridine rings is 1. The van der Waals surface area contributed by atoms with E-state index in [1.54, 1.807) is 26.3 Å². The lowest BCUT2D eigenvalue weighted by Gasteiger charge is -2.44. The molecule has 3 heterocycles. The first-order valence-corrected chi connectivity index (χ1v) is 9.71. The van der Waals surface area contributed by atoms with E-state index >= 15 is 0 Å². The van der Waals surface area contributed by atoms with Gasteiger partial charge in [-0.25, -0.2) is 4.79 Å². The van der Waals surface area contributed by atoms with E-state index in [1.807, 2.05) is 17.7 Å². The SMILES string of the molecule is CCOC(=O)c1cn2c(cc1=O)-c1cc(OC)c(C)cc1[C@H]1CCC(C)(C)N12. The first-order chi connectivity index (χ1) is 13.3. The van der Waals surface area contributed by atoms with Crippen molar-refractivity contribution in [1.82, 2.24) is 4.68 Å². The molecule has 2 aromatic rings. The van der Waals surface area contributed by atoms with E-state index < -0.39 is 5.97 Å². The third kappa shape index (κ3) is 2.62. The van der Waals surface area contributed by atoms with Crippen molar-refractivity contribution >= 4 is 5.97 Å². The largest absolute Gasteiger partial charge is 0.496 e. The van der Waals surface area contributed by atoms with Crippen molar-refractivity contribution in [3.63, 3.8) is 0 Å². The molecule has 6 heteroatoms. The number of carbonyl (C=O) groups excluding carboxylic acids is 1. The van der Waals surface area contributed by atoms with E-state index in [2.05, 4.69) is 24.9 Å². The van der Waals surface area contributed by atoms with Gasteiger partial charge in [-0.3, -0.25) is 14.5 Å². The van der Waals surface area contributed by atoms with Crippen molar-refractivity contribution in [2.24, 2.45) is 0 Å². The zero-order valence-electron chi connectivity index (χ0n) is 17.0. The molecule has 1 atom stereocenters. The molecular weight excluding hydrogens is 356 g/mol. The molecule has 0 saturated carbocycles. The van der Waals surface area contributed by atoms with Crippen LogP contribution in [0.25, 0.3) is 11.3 Å². The minimum Gasteiger partial charge on any atom is -0.496 e. The second-order valence-corrected chi connectivity index (χ2v) is 8.12. The van der Waals surface area contributed by atoms with Gasteiger partial charge in [0.1, 0.15) is 11.3 Å². The van der Waals surface area contributed by atoms with Gasteiger partial charge in [-0.2, -0.15) is 0 Å². The van der Waals surface area contributed by atoms with Gasteiger partial charge in [0.05, 0.1) is 31.0 Å². The Labute approximate surface area is 164 Å². The molecule has 0 N–H and O–H groups in total. The van der Waals surface area contributed by atoms with Gasteiger partial charge in [0, 0.05) is 17.8 Å². The molecular formula is C22H26N2O4. The Bertz CT molecular complexity index is 1020. The monoisotopic (exact) mass is 382 g/mol. The van der Waals surface area contributed by atoms with Gasteiger partial charge in [0.25, 0.3) is 0 Å². The van der Waals surface area contributed by atoms with E-state index in [0.29, 0.717) is 0 Å². The fourth-order valence-electron chi connectivity index (χ4n) is 4.57. The maximum Gasteiger partial charge on any atom is 0.343 e. The summed E-state index contributed by atoms with van der Waals surface area (Å²) in [6, 6.07) is 5.90. The van der Waals surface area contributed by atoms with Crippen molar-refractivity contribution in [1.29, 1.82) is 0 Å². The minimum absolute atomic E-state index is 0.0644. The van der Waals surface area contributed by atoms with Gasteiger partial charge in [0.2, 0.25) is 0 Å². The quantitative estimate of drug-likeness (QED) is 0.760. The molecule has 0 unspecified atom stereocenters. The summed E-state index contributed by atoms with van der Waals surface area (Å²) >= 11 is 0. The van der Waals surface area contributed by atoms with Crippen LogP contribution >= 0.6 is 0 Å². The molecule has 28 heavy (non-hydrogen) atoms. The number of aromatic nitrogens is 1. The summed E-state index contributed by atoms with van der Waals surface area (Å²) in [5.41, 5.74) is 3.66. The predicted molar refractivity (Wildman–Crippen MR) is 108 cm³/mol. The van der Waals surface area contributed by atoms with Crippen molar-refractivity contribution in [3.8, 4) is 17.0 Å². The molecule has 1 fully saturated rings. The lowest BCUT2D eigenvalue weighted by Crippen LogP contribution is -2.50. The number of rotatable bonds is 3. The molecule has 4 rings (SSSR count). The highest BCUT2D eigenvalue weighted by atomic mass is 16.5. The molecule has 1 aromatic carbocycles. The van der Waals surface area contributed by atoms with Crippen molar-refractivity contribution in [2.45, 2.75) is 52.1 Å². The lowest BCUT2D eigenvalue weighted by molar-refractivity contribution is 0.0523. The molecule has 0 bridgehead atoms. The second kappa shape index (κ2) is 6.40. The minimum atomic E-state index is -0.580. The summed E-state index contributed by atoms with van der Waals surface area (Å²) in [5, 5.41) is 2.29. The molecule has 2 aliphatic heterocycles. The maximum absolute atomic E-state index is 12.7. The number of methoxy groups -OCH3 is 1. The fraction of sp³-hybridized carbons (Fsp3) is 0.455. The van der Waals surface area contributed by atoms with Gasteiger partial charge >= 0.3 is 5.97 Å². The van der Waals surface area contributed by atoms with Gasteiger partial charge < -0.3 is 9.47 Å². The first-order valence-electron chi connectivity index (χ1n) is 9.71. The number of nitrogens with zero attached hydrogens (tertiary/aromatic N) is 2. The average Bonchev–Trinajstić information content (AvgIpc) is 2.97. The Morgan fingerprint density at radius 1 is 1.29 bits per heavy atom. The highest BCUT2D eigenvalue weighted by Crippen LogP contribution is 2.49. The highest BCUT2D eigenvalue weighted by Gasteiger charge is 2.45. The van der Waals surface area contributed by atoms with Crippen LogP contribution in [0.2, 0.25) is 0 Å². The third-order valence-electron chi connectivity index (χ3n) is 5.91. The summed E-state index contributed by atoms with van der Waals surface area (Å²) in [4.78, 5) is 25.0. The zero-order chi connectivity index (χ0) is 20.2. The van der Waals surface area contributed by atoms with Gasteiger partial charge in [-0.1, -0.05) is 0 Å².